The molecule has 0 saturated heterocycles. The Labute approximate surface area is 72.8 Å². The molecule has 11 heavy (non-hydrogen) atoms. The normalized spacial score (nSPS) is 9.64. The number of amides is 1. The monoisotopic (exact) mass is 177 g/mol. The van der Waals surface area contributed by atoms with Crippen LogP contribution in [-0.2, 0) is 0 Å². The van der Waals surface area contributed by atoms with E-state index in [0.717, 1.165) is 12.8 Å². The molecule has 66 valence electrons. The number of unbranched alkanes of at least 4 members (excludes halogenated alkanes) is 1. The van der Waals surface area contributed by atoms with Crippen LogP contribution in [0.4, 0.5) is 4.79 Å². The molecule has 0 bridgehead atoms. The first-order chi connectivity index (χ1) is 5.22. The van der Waals surface area contributed by atoms with Gasteiger partial charge in [-0.2, -0.15) is 12.6 Å². The Bertz CT molecular complexity index is 119. The highest BCUT2D eigenvalue weighted by Crippen LogP contribution is 1.95. The Kier molecular flexibility index (Phi) is 6.12. The number of rotatable bonds is 5. The Balaban J connectivity index is 3.60. The molecule has 0 radical (unpaired) electrons. The van der Waals surface area contributed by atoms with E-state index in [2.05, 4.69) is 12.6 Å². The van der Waals surface area contributed by atoms with Crippen molar-refractivity contribution in [2.24, 2.45) is 0 Å². The number of thiol groups is 1. The molecule has 0 spiro atoms. The van der Waals surface area contributed by atoms with Crippen LogP contribution in [0.1, 0.15) is 19.8 Å². The van der Waals surface area contributed by atoms with Crippen LogP contribution >= 0.6 is 12.6 Å². The lowest BCUT2D eigenvalue weighted by Crippen LogP contribution is -2.32. The first-order valence-corrected chi connectivity index (χ1v) is 4.44. The van der Waals surface area contributed by atoms with Crippen molar-refractivity contribution in [2.75, 3.05) is 18.8 Å². The maximum absolute atomic E-state index is 10.5. The van der Waals surface area contributed by atoms with E-state index in [9.17, 15) is 4.79 Å². The van der Waals surface area contributed by atoms with Gasteiger partial charge in [0.15, 0.2) is 0 Å². The van der Waals surface area contributed by atoms with E-state index in [1.54, 1.807) is 0 Å². The second kappa shape index (κ2) is 6.34. The molecule has 0 aliphatic carbocycles. The van der Waals surface area contributed by atoms with Gasteiger partial charge in [-0.25, -0.2) is 4.79 Å². The van der Waals surface area contributed by atoms with Crippen molar-refractivity contribution in [1.82, 2.24) is 4.90 Å². The molecule has 0 aromatic carbocycles. The summed E-state index contributed by atoms with van der Waals surface area (Å²) in [6.07, 6.45) is 1.11. The van der Waals surface area contributed by atoms with Gasteiger partial charge in [0.1, 0.15) is 0 Å². The lowest BCUT2D eigenvalue weighted by Gasteiger charge is -2.16. The predicted molar refractivity (Wildman–Crippen MR) is 48.4 cm³/mol. The molecule has 0 aliphatic heterocycles. The molecule has 0 saturated carbocycles. The third kappa shape index (κ3) is 4.95. The Morgan fingerprint density at radius 3 is 2.55 bits per heavy atom. The van der Waals surface area contributed by atoms with Crippen molar-refractivity contribution < 1.29 is 9.90 Å². The molecule has 4 heteroatoms. The van der Waals surface area contributed by atoms with E-state index in [1.807, 2.05) is 6.92 Å². The molecule has 0 fully saturated rings. The smallest absolute Gasteiger partial charge is 0.407 e. The van der Waals surface area contributed by atoms with Crippen molar-refractivity contribution in [1.29, 1.82) is 0 Å². The molecular formula is C7H15NO2S. The minimum absolute atomic E-state index is 0.526. The van der Waals surface area contributed by atoms with Crippen LogP contribution in [0.3, 0.4) is 0 Å². The second-order valence-corrected chi connectivity index (χ2v) is 2.79. The van der Waals surface area contributed by atoms with Crippen LogP contribution in [-0.4, -0.2) is 34.9 Å². The highest BCUT2D eigenvalue weighted by Gasteiger charge is 2.08. The fourth-order valence-electron chi connectivity index (χ4n) is 0.773. The summed E-state index contributed by atoms with van der Waals surface area (Å²) in [6.45, 7) is 3.20. The molecule has 0 rings (SSSR count). The largest absolute Gasteiger partial charge is 0.465 e. The number of hydrogen-bond acceptors (Lipinski definition) is 2. The van der Waals surface area contributed by atoms with Crippen LogP contribution in [0.15, 0.2) is 0 Å². The van der Waals surface area contributed by atoms with E-state index < -0.39 is 6.09 Å². The fraction of sp³-hybridized carbons (Fsp3) is 0.857. The van der Waals surface area contributed by atoms with Crippen LogP contribution in [0.5, 0.6) is 0 Å². The number of carboxylic acid groups (broad SMARTS) is 1. The summed E-state index contributed by atoms with van der Waals surface area (Å²) in [7, 11) is 0. The molecule has 0 aliphatic rings. The summed E-state index contributed by atoms with van der Waals surface area (Å²) in [4.78, 5) is 11.9. The Morgan fingerprint density at radius 1 is 1.55 bits per heavy atom. The molecule has 0 atom stereocenters. The number of nitrogens with zero attached hydrogens (tertiary/aromatic N) is 1. The van der Waals surface area contributed by atoms with Crippen LogP contribution < -0.4 is 0 Å². The molecule has 0 aromatic heterocycles. The van der Waals surface area contributed by atoms with Gasteiger partial charge in [0.05, 0.1) is 0 Å². The zero-order valence-electron chi connectivity index (χ0n) is 6.79. The van der Waals surface area contributed by atoms with E-state index in [-0.39, 0.29) is 0 Å². The highest BCUT2D eigenvalue weighted by atomic mass is 32.1. The van der Waals surface area contributed by atoms with Gasteiger partial charge in [-0.1, -0.05) is 13.3 Å². The number of hydrogen-bond donors (Lipinski definition) is 2. The lowest BCUT2D eigenvalue weighted by atomic mass is 10.3. The molecule has 1 amide bonds. The highest BCUT2D eigenvalue weighted by molar-refractivity contribution is 7.80. The predicted octanol–water partition coefficient (Wildman–Crippen LogP) is 1.70. The van der Waals surface area contributed by atoms with Gasteiger partial charge in [0, 0.05) is 18.8 Å². The van der Waals surface area contributed by atoms with Crippen molar-refractivity contribution in [3.63, 3.8) is 0 Å². The van der Waals surface area contributed by atoms with Gasteiger partial charge in [0.25, 0.3) is 0 Å². The average Bonchev–Trinajstić information content (AvgIpc) is 1.97. The van der Waals surface area contributed by atoms with Crippen LogP contribution in [0.2, 0.25) is 0 Å². The fourth-order valence-corrected chi connectivity index (χ4v) is 1.01. The molecule has 0 aromatic rings. The maximum Gasteiger partial charge on any atom is 0.407 e. The van der Waals surface area contributed by atoms with E-state index >= 15 is 0 Å². The first kappa shape index (κ1) is 10.6. The van der Waals surface area contributed by atoms with Gasteiger partial charge in [-0.15, -0.1) is 0 Å². The van der Waals surface area contributed by atoms with Crippen molar-refractivity contribution in [3.8, 4) is 0 Å². The zero-order valence-corrected chi connectivity index (χ0v) is 7.68. The molecule has 1 N–H and O–H groups in total. The SMILES string of the molecule is CCCCN(CCS)C(=O)O. The lowest BCUT2D eigenvalue weighted by molar-refractivity contribution is 0.147. The summed E-state index contributed by atoms with van der Waals surface area (Å²) < 4.78 is 0. The van der Waals surface area contributed by atoms with Gasteiger partial charge < -0.3 is 10.0 Å². The Hall–Kier alpha value is -0.380. The topological polar surface area (TPSA) is 40.5 Å². The average molecular weight is 177 g/mol. The summed E-state index contributed by atoms with van der Waals surface area (Å²) in [5.74, 6) is 0.593. The summed E-state index contributed by atoms with van der Waals surface area (Å²) in [6, 6.07) is 0. The van der Waals surface area contributed by atoms with E-state index in [4.69, 9.17) is 5.11 Å². The second-order valence-electron chi connectivity index (χ2n) is 2.35. The first-order valence-electron chi connectivity index (χ1n) is 3.81. The third-order valence-corrected chi connectivity index (χ3v) is 1.62. The molecule has 3 nitrogen and oxygen atoms in total. The van der Waals surface area contributed by atoms with Crippen LogP contribution in [0.25, 0.3) is 0 Å². The standard InChI is InChI=1S/C7H15NO2S/c1-2-3-4-8(5-6-11)7(9)10/h11H,2-6H2,1H3,(H,9,10). The summed E-state index contributed by atoms with van der Waals surface area (Å²) in [5.41, 5.74) is 0. The van der Waals surface area contributed by atoms with Gasteiger partial charge in [-0.05, 0) is 6.42 Å². The van der Waals surface area contributed by atoms with Crippen molar-refractivity contribution in [2.45, 2.75) is 19.8 Å². The van der Waals surface area contributed by atoms with Crippen LogP contribution in [0, 0.1) is 0 Å². The molecular weight excluding hydrogens is 162 g/mol. The third-order valence-electron chi connectivity index (χ3n) is 1.42. The van der Waals surface area contributed by atoms with E-state index in [1.165, 1.54) is 4.90 Å². The quantitative estimate of drug-likeness (QED) is 0.627. The van der Waals surface area contributed by atoms with Crippen molar-refractivity contribution in [3.05, 3.63) is 0 Å². The number of carbonyl (C=O) groups is 1. The minimum atomic E-state index is -0.840. The van der Waals surface area contributed by atoms with Crippen molar-refractivity contribution >= 4 is 18.7 Å². The van der Waals surface area contributed by atoms with Gasteiger partial charge in [-0.3, -0.25) is 0 Å². The molecule has 0 heterocycles. The van der Waals surface area contributed by atoms with E-state index in [0.29, 0.717) is 18.8 Å². The summed E-state index contributed by atoms with van der Waals surface area (Å²) >= 11 is 3.97. The maximum atomic E-state index is 10.5. The zero-order chi connectivity index (χ0) is 8.69. The minimum Gasteiger partial charge on any atom is -0.465 e. The van der Waals surface area contributed by atoms with Gasteiger partial charge >= 0.3 is 6.09 Å². The molecule has 0 unspecified atom stereocenters. The Morgan fingerprint density at radius 2 is 2.18 bits per heavy atom. The van der Waals surface area contributed by atoms with Gasteiger partial charge in [0.2, 0.25) is 0 Å². The summed E-state index contributed by atoms with van der Waals surface area (Å²) in [5, 5.41) is 8.62.